The number of rotatable bonds is 3. The Bertz CT molecular complexity index is 904. The summed E-state index contributed by atoms with van der Waals surface area (Å²) in [6.07, 6.45) is 1.31. The summed E-state index contributed by atoms with van der Waals surface area (Å²) >= 11 is 6.06. The van der Waals surface area contributed by atoms with Crippen LogP contribution in [0, 0.1) is 0 Å². The first-order valence-corrected chi connectivity index (χ1v) is 6.99. The molecule has 0 aliphatic carbocycles. The number of methoxy groups -OCH3 is 1. The number of nitrogens with zero attached hydrogens (tertiary/aromatic N) is 1. The van der Waals surface area contributed by atoms with Gasteiger partial charge >= 0.3 is 5.97 Å². The van der Waals surface area contributed by atoms with Crippen LogP contribution < -0.4 is 5.32 Å². The first kappa shape index (κ1) is 15.1. The van der Waals surface area contributed by atoms with E-state index in [1.54, 1.807) is 18.2 Å². The summed E-state index contributed by atoms with van der Waals surface area (Å²) in [6.45, 7) is 0. The molecule has 0 unspecified atom stereocenters. The average Bonchev–Trinajstić information content (AvgIpc) is 3.03. The standard InChI is InChI=1S/C16H11ClN2O4/c1-22-16(21)10-2-4-11(17)12(7-10)19-15(20)9-3-5-14-13(6-9)18-8-23-14/h2-8H,1H3,(H,19,20). The fourth-order valence-corrected chi connectivity index (χ4v) is 2.22. The Morgan fingerprint density at radius 2 is 1.96 bits per heavy atom. The van der Waals surface area contributed by atoms with Gasteiger partial charge in [-0.05, 0) is 36.4 Å². The van der Waals surface area contributed by atoms with Crippen LogP contribution >= 0.6 is 11.6 Å². The van der Waals surface area contributed by atoms with E-state index in [2.05, 4.69) is 15.0 Å². The third kappa shape index (κ3) is 3.02. The molecule has 0 aliphatic rings. The van der Waals surface area contributed by atoms with Crippen LogP contribution in [0.4, 0.5) is 5.69 Å². The quantitative estimate of drug-likeness (QED) is 0.743. The number of hydrogen-bond donors (Lipinski definition) is 1. The zero-order valence-electron chi connectivity index (χ0n) is 12.0. The number of nitrogens with one attached hydrogen (secondary N) is 1. The number of carbonyl (C=O) groups excluding carboxylic acids is 2. The molecule has 0 spiro atoms. The second-order valence-corrected chi connectivity index (χ2v) is 5.08. The van der Waals surface area contributed by atoms with Crippen molar-refractivity contribution < 1.29 is 18.7 Å². The summed E-state index contributed by atoms with van der Waals surface area (Å²) < 4.78 is 9.78. The van der Waals surface area contributed by atoms with E-state index in [9.17, 15) is 9.59 Å². The van der Waals surface area contributed by atoms with Crippen LogP contribution in [0.25, 0.3) is 11.1 Å². The van der Waals surface area contributed by atoms with Crippen LogP contribution in [-0.4, -0.2) is 24.0 Å². The van der Waals surface area contributed by atoms with Crippen LogP contribution in [0.15, 0.2) is 47.2 Å². The summed E-state index contributed by atoms with van der Waals surface area (Å²) in [5.74, 6) is -0.889. The minimum Gasteiger partial charge on any atom is -0.465 e. The van der Waals surface area contributed by atoms with Crippen LogP contribution in [0.3, 0.4) is 0 Å². The molecule has 7 heteroatoms. The predicted octanol–water partition coefficient (Wildman–Crippen LogP) is 3.52. The van der Waals surface area contributed by atoms with Crippen molar-refractivity contribution in [2.75, 3.05) is 12.4 Å². The number of anilines is 1. The molecule has 0 bridgehead atoms. The molecular formula is C16H11ClN2O4. The Labute approximate surface area is 136 Å². The average molecular weight is 331 g/mol. The third-order valence-electron chi connectivity index (χ3n) is 3.23. The number of amides is 1. The Morgan fingerprint density at radius 1 is 1.17 bits per heavy atom. The molecule has 1 amide bonds. The SMILES string of the molecule is COC(=O)c1ccc(Cl)c(NC(=O)c2ccc3ocnc3c2)c1. The van der Waals surface area contributed by atoms with E-state index < -0.39 is 5.97 Å². The van der Waals surface area contributed by atoms with Crippen LogP contribution in [-0.2, 0) is 4.74 Å². The van der Waals surface area contributed by atoms with Crippen molar-refractivity contribution in [3.05, 3.63) is 58.9 Å². The number of benzene rings is 2. The zero-order valence-corrected chi connectivity index (χ0v) is 12.8. The van der Waals surface area contributed by atoms with Gasteiger partial charge in [0.2, 0.25) is 0 Å². The minimum atomic E-state index is -0.513. The van der Waals surface area contributed by atoms with Gasteiger partial charge in [-0.15, -0.1) is 0 Å². The van der Waals surface area contributed by atoms with E-state index >= 15 is 0 Å². The Kier molecular flexibility index (Phi) is 3.99. The second kappa shape index (κ2) is 6.10. The van der Waals surface area contributed by atoms with E-state index in [1.807, 2.05) is 0 Å². The van der Waals surface area contributed by atoms with Gasteiger partial charge in [-0.3, -0.25) is 4.79 Å². The highest BCUT2D eigenvalue weighted by atomic mass is 35.5. The monoisotopic (exact) mass is 330 g/mol. The summed E-state index contributed by atoms with van der Waals surface area (Å²) in [4.78, 5) is 27.9. The minimum absolute atomic E-state index is 0.291. The number of oxazole rings is 1. The fourth-order valence-electron chi connectivity index (χ4n) is 2.06. The Hall–Kier alpha value is -2.86. The van der Waals surface area contributed by atoms with E-state index in [-0.39, 0.29) is 5.91 Å². The first-order valence-electron chi connectivity index (χ1n) is 6.61. The summed E-state index contributed by atoms with van der Waals surface area (Å²) in [7, 11) is 1.28. The smallest absolute Gasteiger partial charge is 0.337 e. The molecule has 3 aromatic rings. The van der Waals surface area contributed by atoms with E-state index in [0.29, 0.717) is 32.9 Å². The summed E-state index contributed by atoms with van der Waals surface area (Å²) in [6, 6.07) is 9.37. The van der Waals surface area contributed by atoms with Gasteiger partial charge in [-0.2, -0.15) is 0 Å². The number of esters is 1. The van der Waals surface area contributed by atoms with E-state index in [1.165, 1.54) is 31.7 Å². The molecule has 0 fully saturated rings. The van der Waals surface area contributed by atoms with Gasteiger partial charge in [0.25, 0.3) is 5.91 Å². The highest BCUT2D eigenvalue weighted by molar-refractivity contribution is 6.34. The summed E-state index contributed by atoms with van der Waals surface area (Å²) in [5.41, 5.74) is 2.17. The molecule has 23 heavy (non-hydrogen) atoms. The molecule has 1 aromatic heterocycles. The maximum absolute atomic E-state index is 12.3. The number of ether oxygens (including phenoxy) is 1. The lowest BCUT2D eigenvalue weighted by Crippen LogP contribution is -2.13. The van der Waals surface area contributed by atoms with Crippen molar-refractivity contribution in [3.63, 3.8) is 0 Å². The number of fused-ring (bicyclic) bond motifs is 1. The topological polar surface area (TPSA) is 81.4 Å². The van der Waals surface area contributed by atoms with Crippen molar-refractivity contribution in [2.45, 2.75) is 0 Å². The number of carbonyl (C=O) groups is 2. The highest BCUT2D eigenvalue weighted by Gasteiger charge is 2.13. The molecular weight excluding hydrogens is 320 g/mol. The largest absolute Gasteiger partial charge is 0.465 e. The van der Waals surface area contributed by atoms with Gasteiger partial charge in [-0.25, -0.2) is 9.78 Å². The van der Waals surface area contributed by atoms with Crippen molar-refractivity contribution in [1.82, 2.24) is 4.98 Å². The molecule has 0 saturated carbocycles. The van der Waals surface area contributed by atoms with Gasteiger partial charge in [0.05, 0.1) is 23.4 Å². The molecule has 0 radical (unpaired) electrons. The van der Waals surface area contributed by atoms with Gasteiger partial charge in [0, 0.05) is 5.56 Å². The van der Waals surface area contributed by atoms with Crippen molar-refractivity contribution in [3.8, 4) is 0 Å². The number of aromatic nitrogens is 1. The van der Waals surface area contributed by atoms with Gasteiger partial charge in [-0.1, -0.05) is 11.6 Å². The van der Waals surface area contributed by atoms with Gasteiger partial charge < -0.3 is 14.5 Å². The van der Waals surface area contributed by atoms with Crippen molar-refractivity contribution in [1.29, 1.82) is 0 Å². The first-order chi connectivity index (χ1) is 11.1. The van der Waals surface area contributed by atoms with E-state index in [4.69, 9.17) is 16.0 Å². The van der Waals surface area contributed by atoms with Crippen molar-refractivity contribution >= 4 is 40.3 Å². The molecule has 116 valence electrons. The lowest BCUT2D eigenvalue weighted by Gasteiger charge is -2.09. The molecule has 2 aromatic carbocycles. The molecule has 6 nitrogen and oxygen atoms in total. The molecule has 0 atom stereocenters. The molecule has 1 N–H and O–H groups in total. The van der Waals surface area contributed by atoms with Crippen LogP contribution in [0.5, 0.6) is 0 Å². The van der Waals surface area contributed by atoms with Gasteiger partial charge in [0.15, 0.2) is 12.0 Å². The van der Waals surface area contributed by atoms with Gasteiger partial charge in [0.1, 0.15) is 5.52 Å². The summed E-state index contributed by atoms with van der Waals surface area (Å²) in [5, 5.41) is 2.98. The van der Waals surface area contributed by atoms with Crippen molar-refractivity contribution in [2.24, 2.45) is 0 Å². The molecule has 3 rings (SSSR count). The Morgan fingerprint density at radius 3 is 2.74 bits per heavy atom. The van der Waals surface area contributed by atoms with Crippen LogP contribution in [0.2, 0.25) is 5.02 Å². The van der Waals surface area contributed by atoms with Crippen LogP contribution in [0.1, 0.15) is 20.7 Å². The maximum Gasteiger partial charge on any atom is 0.337 e. The highest BCUT2D eigenvalue weighted by Crippen LogP contribution is 2.24. The second-order valence-electron chi connectivity index (χ2n) is 4.68. The molecule has 0 aliphatic heterocycles. The van der Waals surface area contributed by atoms with E-state index in [0.717, 1.165) is 0 Å². The molecule has 1 heterocycles. The fraction of sp³-hybridized carbons (Fsp3) is 0.0625. The zero-order chi connectivity index (χ0) is 16.4. The molecule has 0 saturated heterocycles. The predicted molar refractivity (Wildman–Crippen MR) is 84.8 cm³/mol. The number of halogens is 1. The lowest BCUT2D eigenvalue weighted by molar-refractivity contribution is 0.0600. The number of hydrogen-bond acceptors (Lipinski definition) is 5. The lowest BCUT2D eigenvalue weighted by atomic mass is 10.1. The third-order valence-corrected chi connectivity index (χ3v) is 3.56. The maximum atomic E-state index is 12.3. The normalized spacial score (nSPS) is 10.5. The Balaban J connectivity index is 1.88.